The molecule has 0 saturated carbocycles. The SMILES string of the molecule is CC[C@@H](O)[C@@H](N)c1cc(C(F)(F)F)ccc1Cl.Cl. The van der Waals surface area contributed by atoms with Gasteiger partial charge in [-0.1, -0.05) is 18.5 Å². The summed E-state index contributed by atoms with van der Waals surface area (Å²) in [6.07, 6.45) is -5.03. The normalized spacial score (nSPS) is 14.8. The molecule has 0 aromatic heterocycles. The van der Waals surface area contributed by atoms with Crippen molar-refractivity contribution < 1.29 is 18.3 Å². The third-order valence-corrected chi connectivity index (χ3v) is 2.86. The van der Waals surface area contributed by atoms with Gasteiger partial charge in [-0.15, -0.1) is 12.4 Å². The second-order valence-electron chi connectivity index (χ2n) is 3.74. The summed E-state index contributed by atoms with van der Waals surface area (Å²) in [5.74, 6) is 0. The lowest BCUT2D eigenvalue weighted by Gasteiger charge is -2.20. The molecule has 0 amide bonds. The van der Waals surface area contributed by atoms with Gasteiger partial charge in [0.05, 0.1) is 17.7 Å². The molecule has 7 heteroatoms. The molecule has 0 saturated heterocycles. The summed E-state index contributed by atoms with van der Waals surface area (Å²) >= 11 is 5.78. The molecule has 104 valence electrons. The summed E-state index contributed by atoms with van der Waals surface area (Å²) < 4.78 is 37.5. The van der Waals surface area contributed by atoms with Crippen LogP contribution in [0.15, 0.2) is 18.2 Å². The Morgan fingerprint density at radius 2 is 1.94 bits per heavy atom. The van der Waals surface area contributed by atoms with Gasteiger partial charge in [0.1, 0.15) is 0 Å². The second-order valence-corrected chi connectivity index (χ2v) is 4.14. The average molecular weight is 304 g/mol. The zero-order chi connectivity index (χ0) is 13.2. The molecule has 0 heterocycles. The summed E-state index contributed by atoms with van der Waals surface area (Å²) in [7, 11) is 0. The number of hydrogen-bond donors (Lipinski definition) is 2. The van der Waals surface area contributed by atoms with E-state index in [9.17, 15) is 18.3 Å². The predicted octanol–water partition coefficient (Wildman–Crippen LogP) is 3.55. The second kappa shape index (κ2) is 6.61. The minimum atomic E-state index is -4.45. The van der Waals surface area contributed by atoms with Crippen LogP contribution in [-0.4, -0.2) is 11.2 Å². The molecule has 0 aliphatic rings. The van der Waals surface area contributed by atoms with Crippen molar-refractivity contribution in [3.05, 3.63) is 34.3 Å². The van der Waals surface area contributed by atoms with Gasteiger partial charge >= 0.3 is 6.18 Å². The van der Waals surface area contributed by atoms with Gasteiger partial charge in [-0.3, -0.25) is 0 Å². The largest absolute Gasteiger partial charge is 0.416 e. The van der Waals surface area contributed by atoms with Crippen molar-refractivity contribution in [1.29, 1.82) is 0 Å². The van der Waals surface area contributed by atoms with Crippen LogP contribution in [0.5, 0.6) is 0 Å². The van der Waals surface area contributed by atoms with Crippen LogP contribution in [0.4, 0.5) is 13.2 Å². The summed E-state index contributed by atoms with van der Waals surface area (Å²) in [5, 5.41) is 9.66. The van der Waals surface area contributed by atoms with Gasteiger partial charge < -0.3 is 10.8 Å². The van der Waals surface area contributed by atoms with Gasteiger partial charge in [-0.2, -0.15) is 13.2 Å². The Hall–Kier alpha value is -0.490. The van der Waals surface area contributed by atoms with E-state index in [1.807, 2.05) is 0 Å². The molecule has 0 aliphatic carbocycles. The smallest absolute Gasteiger partial charge is 0.391 e. The highest BCUT2D eigenvalue weighted by Gasteiger charge is 2.32. The Bertz CT molecular complexity index is 398. The van der Waals surface area contributed by atoms with Crippen molar-refractivity contribution in [3.8, 4) is 0 Å². The molecule has 0 radical (unpaired) electrons. The minimum absolute atomic E-state index is 0. The number of hydrogen-bond acceptors (Lipinski definition) is 2. The molecule has 18 heavy (non-hydrogen) atoms. The molecule has 3 N–H and O–H groups in total. The maximum Gasteiger partial charge on any atom is 0.416 e. The van der Waals surface area contributed by atoms with Crippen molar-refractivity contribution in [2.45, 2.75) is 31.7 Å². The van der Waals surface area contributed by atoms with Crippen LogP contribution < -0.4 is 5.73 Å². The van der Waals surface area contributed by atoms with E-state index >= 15 is 0 Å². The molecule has 2 nitrogen and oxygen atoms in total. The summed E-state index contributed by atoms with van der Waals surface area (Å²) in [6.45, 7) is 1.69. The Morgan fingerprint density at radius 1 is 1.39 bits per heavy atom. The van der Waals surface area contributed by atoms with E-state index in [1.54, 1.807) is 6.92 Å². The molecule has 0 bridgehead atoms. The highest BCUT2D eigenvalue weighted by atomic mass is 35.5. The zero-order valence-electron chi connectivity index (χ0n) is 9.54. The maximum absolute atomic E-state index is 12.5. The summed E-state index contributed by atoms with van der Waals surface area (Å²) in [6, 6.07) is 1.99. The standard InChI is InChI=1S/C11H13ClF3NO.ClH/c1-2-9(17)10(16)7-5-6(11(13,14)15)3-4-8(7)12;/h3-5,9-10,17H,2,16H2,1H3;1H/t9-,10+;/m1./s1. The van der Waals surface area contributed by atoms with Gasteiger partial charge in [0, 0.05) is 5.02 Å². The fourth-order valence-corrected chi connectivity index (χ4v) is 1.68. The first kappa shape index (κ1) is 17.5. The number of benzene rings is 1. The minimum Gasteiger partial charge on any atom is -0.391 e. The molecule has 0 aliphatic heterocycles. The molecule has 1 aromatic rings. The first-order valence-corrected chi connectivity index (χ1v) is 5.45. The van der Waals surface area contributed by atoms with Gasteiger partial charge in [0.15, 0.2) is 0 Å². The quantitative estimate of drug-likeness (QED) is 0.897. The van der Waals surface area contributed by atoms with Crippen LogP contribution >= 0.6 is 24.0 Å². The van der Waals surface area contributed by atoms with Gasteiger partial charge in [-0.25, -0.2) is 0 Å². The first-order valence-electron chi connectivity index (χ1n) is 5.07. The monoisotopic (exact) mass is 303 g/mol. The molecule has 1 rings (SSSR count). The molecule has 0 fully saturated rings. The third-order valence-electron chi connectivity index (χ3n) is 2.52. The van der Waals surface area contributed by atoms with Crippen molar-refractivity contribution in [2.24, 2.45) is 5.73 Å². The Balaban J connectivity index is 0.00000289. The lowest BCUT2D eigenvalue weighted by atomic mass is 9.98. The zero-order valence-corrected chi connectivity index (χ0v) is 11.1. The predicted molar refractivity (Wildman–Crippen MR) is 66.9 cm³/mol. The maximum atomic E-state index is 12.5. The van der Waals surface area contributed by atoms with E-state index in [1.165, 1.54) is 0 Å². The molecule has 2 atom stereocenters. The highest BCUT2D eigenvalue weighted by molar-refractivity contribution is 6.31. The van der Waals surface area contributed by atoms with E-state index in [4.69, 9.17) is 17.3 Å². The van der Waals surface area contributed by atoms with E-state index in [0.717, 1.165) is 18.2 Å². The van der Waals surface area contributed by atoms with Crippen molar-refractivity contribution in [2.75, 3.05) is 0 Å². The van der Waals surface area contributed by atoms with Crippen LogP contribution in [0.1, 0.15) is 30.5 Å². The van der Waals surface area contributed by atoms with Crippen LogP contribution in [0.2, 0.25) is 5.02 Å². The lowest BCUT2D eigenvalue weighted by Crippen LogP contribution is -2.26. The molecule has 0 spiro atoms. The summed E-state index contributed by atoms with van der Waals surface area (Å²) in [5.41, 5.74) is 4.94. The van der Waals surface area contributed by atoms with Crippen molar-refractivity contribution in [1.82, 2.24) is 0 Å². The van der Waals surface area contributed by atoms with Crippen LogP contribution in [-0.2, 0) is 6.18 Å². The van der Waals surface area contributed by atoms with Crippen LogP contribution in [0, 0.1) is 0 Å². The summed E-state index contributed by atoms with van der Waals surface area (Å²) in [4.78, 5) is 0. The molecular formula is C11H14Cl2F3NO. The first-order chi connectivity index (χ1) is 7.77. The molecule has 1 aromatic carbocycles. The Morgan fingerprint density at radius 3 is 2.39 bits per heavy atom. The molecular weight excluding hydrogens is 290 g/mol. The number of alkyl halides is 3. The number of rotatable bonds is 3. The van der Waals surface area contributed by atoms with E-state index in [-0.39, 0.29) is 23.0 Å². The van der Waals surface area contributed by atoms with Crippen molar-refractivity contribution >= 4 is 24.0 Å². The number of nitrogens with two attached hydrogens (primary N) is 1. The third kappa shape index (κ3) is 4.02. The van der Waals surface area contributed by atoms with Gasteiger partial charge in [0.2, 0.25) is 0 Å². The molecule has 0 unspecified atom stereocenters. The van der Waals surface area contributed by atoms with Gasteiger partial charge in [-0.05, 0) is 30.2 Å². The fraction of sp³-hybridized carbons (Fsp3) is 0.455. The average Bonchev–Trinajstić information content (AvgIpc) is 2.26. The lowest BCUT2D eigenvalue weighted by molar-refractivity contribution is -0.137. The fourth-order valence-electron chi connectivity index (χ4n) is 1.44. The van der Waals surface area contributed by atoms with Gasteiger partial charge in [0.25, 0.3) is 0 Å². The number of halogens is 5. The number of aliphatic hydroxyl groups is 1. The number of aliphatic hydroxyl groups excluding tert-OH is 1. The Kier molecular flexibility index (Phi) is 6.43. The van der Waals surface area contributed by atoms with Crippen LogP contribution in [0.25, 0.3) is 0 Å². The Labute approximate surface area is 114 Å². The van der Waals surface area contributed by atoms with E-state index in [2.05, 4.69) is 0 Å². The van der Waals surface area contributed by atoms with Crippen LogP contribution in [0.3, 0.4) is 0 Å². The highest BCUT2D eigenvalue weighted by Crippen LogP contribution is 2.34. The van der Waals surface area contributed by atoms with E-state index in [0.29, 0.717) is 6.42 Å². The van der Waals surface area contributed by atoms with E-state index < -0.39 is 23.9 Å². The van der Waals surface area contributed by atoms with Crippen molar-refractivity contribution in [3.63, 3.8) is 0 Å². The topological polar surface area (TPSA) is 46.2 Å².